The molecule has 12 heavy (non-hydrogen) atoms. The van der Waals surface area contributed by atoms with Crippen molar-refractivity contribution in [1.82, 2.24) is 0 Å². The lowest BCUT2D eigenvalue weighted by Crippen LogP contribution is -1.90. The average Bonchev–Trinajstić information content (AvgIpc) is 2.03. The molecule has 0 bridgehead atoms. The van der Waals surface area contributed by atoms with Crippen molar-refractivity contribution >= 4 is 23.4 Å². The molecule has 0 N–H and O–H groups in total. The first kappa shape index (κ1) is 9.81. The molecule has 0 heterocycles. The highest BCUT2D eigenvalue weighted by molar-refractivity contribution is 7.98. The fourth-order valence-corrected chi connectivity index (χ4v) is 1.55. The number of rotatable bonds is 2. The molecule has 0 aliphatic rings. The van der Waals surface area contributed by atoms with Crippen LogP contribution >= 0.6 is 23.4 Å². The van der Waals surface area contributed by atoms with Gasteiger partial charge in [-0.3, -0.25) is 0 Å². The molecule has 1 rings (SSSR count). The molecule has 0 aliphatic heterocycles. The Morgan fingerprint density at radius 3 is 2.17 bits per heavy atom. The van der Waals surface area contributed by atoms with Gasteiger partial charge in [0, 0.05) is 5.88 Å². The first-order chi connectivity index (χ1) is 5.69. The second-order valence-corrected chi connectivity index (χ2v) is 3.31. The van der Waals surface area contributed by atoms with Gasteiger partial charge in [-0.1, -0.05) is 0 Å². The van der Waals surface area contributed by atoms with E-state index in [0.29, 0.717) is 5.56 Å². The summed E-state index contributed by atoms with van der Waals surface area (Å²) in [6.45, 7) is 0. The van der Waals surface area contributed by atoms with Gasteiger partial charge in [0.2, 0.25) is 0 Å². The minimum atomic E-state index is -0.543. The topological polar surface area (TPSA) is 0 Å². The van der Waals surface area contributed by atoms with E-state index in [2.05, 4.69) is 0 Å². The largest absolute Gasteiger partial charge is 0.206 e. The Balaban J connectivity index is 3.18. The van der Waals surface area contributed by atoms with Gasteiger partial charge < -0.3 is 0 Å². The Kier molecular flexibility index (Phi) is 3.35. The summed E-state index contributed by atoms with van der Waals surface area (Å²) in [5.74, 6) is -0.959. The molecule has 0 saturated heterocycles. The molecule has 0 nitrogen and oxygen atoms in total. The van der Waals surface area contributed by atoms with Crippen molar-refractivity contribution in [1.29, 1.82) is 0 Å². The van der Waals surface area contributed by atoms with Crippen molar-refractivity contribution in [2.45, 2.75) is 10.8 Å². The minimum Gasteiger partial charge on any atom is -0.206 e. The zero-order valence-electron chi connectivity index (χ0n) is 6.40. The van der Waals surface area contributed by atoms with Crippen molar-refractivity contribution in [3.8, 4) is 0 Å². The van der Waals surface area contributed by atoms with E-state index in [1.165, 1.54) is 12.1 Å². The average molecular weight is 209 g/mol. The van der Waals surface area contributed by atoms with E-state index < -0.39 is 11.6 Å². The number of alkyl halides is 1. The first-order valence-corrected chi connectivity index (χ1v) is 5.03. The van der Waals surface area contributed by atoms with Gasteiger partial charge in [-0.25, -0.2) is 8.78 Å². The molecule has 1 aromatic rings. The number of hydrogen-bond donors (Lipinski definition) is 0. The smallest absolute Gasteiger partial charge is 0.140 e. The molecule has 0 fully saturated rings. The first-order valence-electron chi connectivity index (χ1n) is 3.27. The van der Waals surface area contributed by atoms with Gasteiger partial charge in [-0.05, 0) is 24.0 Å². The third-order valence-corrected chi connectivity index (χ3v) is 2.52. The Morgan fingerprint density at radius 1 is 1.33 bits per heavy atom. The lowest BCUT2D eigenvalue weighted by atomic mass is 10.2. The lowest BCUT2D eigenvalue weighted by Gasteiger charge is -2.02. The van der Waals surface area contributed by atoms with Crippen molar-refractivity contribution < 1.29 is 8.78 Å². The molecule has 1 aromatic carbocycles. The fourth-order valence-electron chi connectivity index (χ4n) is 0.885. The summed E-state index contributed by atoms with van der Waals surface area (Å²) in [7, 11) is 0. The maximum Gasteiger partial charge on any atom is 0.140 e. The Labute approximate surface area is 78.9 Å². The predicted octanol–water partition coefficient (Wildman–Crippen LogP) is 3.43. The van der Waals surface area contributed by atoms with Crippen molar-refractivity contribution in [3.05, 3.63) is 29.3 Å². The maximum absolute atomic E-state index is 13.0. The molecule has 0 spiro atoms. The second-order valence-electron chi connectivity index (χ2n) is 2.23. The van der Waals surface area contributed by atoms with Crippen molar-refractivity contribution in [2.75, 3.05) is 6.26 Å². The summed E-state index contributed by atoms with van der Waals surface area (Å²) in [5.41, 5.74) is 0.462. The standard InChI is InChI=1S/C8H7ClF2S/c1-12-8-6(10)2-5(4-9)3-7(8)11/h2-3H,4H2,1H3. The van der Waals surface area contributed by atoms with Gasteiger partial charge in [0.05, 0.1) is 4.90 Å². The summed E-state index contributed by atoms with van der Waals surface area (Å²) in [5, 5.41) is 0. The number of hydrogen-bond acceptors (Lipinski definition) is 1. The van der Waals surface area contributed by atoms with Crippen LogP contribution < -0.4 is 0 Å². The number of thioether (sulfide) groups is 1. The lowest BCUT2D eigenvalue weighted by molar-refractivity contribution is 0.539. The zero-order chi connectivity index (χ0) is 9.14. The molecule has 0 atom stereocenters. The van der Waals surface area contributed by atoms with Crippen LogP contribution in [0.1, 0.15) is 5.56 Å². The van der Waals surface area contributed by atoms with E-state index in [1.54, 1.807) is 6.26 Å². The highest BCUT2D eigenvalue weighted by atomic mass is 35.5. The number of halogens is 3. The highest BCUT2D eigenvalue weighted by Gasteiger charge is 2.08. The fraction of sp³-hybridized carbons (Fsp3) is 0.250. The van der Waals surface area contributed by atoms with Gasteiger partial charge >= 0.3 is 0 Å². The van der Waals surface area contributed by atoms with Crippen LogP contribution in [0.3, 0.4) is 0 Å². The third-order valence-electron chi connectivity index (χ3n) is 1.42. The summed E-state index contributed by atoms with van der Waals surface area (Å²) in [6.07, 6.45) is 1.63. The van der Waals surface area contributed by atoms with E-state index >= 15 is 0 Å². The minimum absolute atomic E-state index is 0.0452. The van der Waals surface area contributed by atoms with Gasteiger partial charge in [-0.2, -0.15) is 0 Å². The molecule has 66 valence electrons. The Bertz CT molecular complexity index is 265. The molecular formula is C8H7ClF2S. The SMILES string of the molecule is CSc1c(F)cc(CCl)cc1F. The quantitative estimate of drug-likeness (QED) is 0.530. The number of benzene rings is 1. The molecule has 4 heteroatoms. The zero-order valence-corrected chi connectivity index (χ0v) is 7.98. The van der Waals surface area contributed by atoms with Crippen LogP contribution in [0, 0.1) is 11.6 Å². The van der Waals surface area contributed by atoms with Crippen molar-refractivity contribution in [2.24, 2.45) is 0 Å². The molecule has 0 unspecified atom stereocenters. The molecule has 0 aliphatic carbocycles. The van der Waals surface area contributed by atoms with Gasteiger partial charge in [0.25, 0.3) is 0 Å². The van der Waals surface area contributed by atoms with Crippen LogP contribution in [-0.2, 0) is 5.88 Å². The maximum atomic E-state index is 13.0. The molecule has 0 radical (unpaired) electrons. The Hall–Kier alpha value is -0.280. The molecule has 0 aromatic heterocycles. The van der Waals surface area contributed by atoms with Crippen LogP contribution in [0.5, 0.6) is 0 Å². The van der Waals surface area contributed by atoms with Gasteiger partial charge in [-0.15, -0.1) is 23.4 Å². The highest BCUT2D eigenvalue weighted by Crippen LogP contribution is 2.24. The molecule has 0 saturated carbocycles. The monoisotopic (exact) mass is 208 g/mol. The summed E-state index contributed by atoms with van der Waals surface area (Å²) in [4.78, 5) is 0.0452. The predicted molar refractivity (Wildman–Crippen MR) is 47.7 cm³/mol. The Morgan fingerprint density at radius 2 is 1.83 bits per heavy atom. The van der Waals surface area contributed by atoms with Gasteiger partial charge in [0.15, 0.2) is 0 Å². The van der Waals surface area contributed by atoms with E-state index in [-0.39, 0.29) is 10.8 Å². The molecule has 0 amide bonds. The van der Waals surface area contributed by atoms with E-state index in [4.69, 9.17) is 11.6 Å². The van der Waals surface area contributed by atoms with Crippen molar-refractivity contribution in [3.63, 3.8) is 0 Å². The second kappa shape index (κ2) is 4.10. The van der Waals surface area contributed by atoms with Crippen LogP contribution in [-0.4, -0.2) is 6.26 Å². The van der Waals surface area contributed by atoms with E-state index in [9.17, 15) is 8.78 Å². The van der Waals surface area contributed by atoms with Crippen LogP contribution in [0.4, 0.5) is 8.78 Å². The van der Waals surface area contributed by atoms with E-state index in [1.807, 2.05) is 0 Å². The third kappa shape index (κ3) is 1.90. The van der Waals surface area contributed by atoms with Crippen LogP contribution in [0.15, 0.2) is 17.0 Å². The summed E-state index contributed by atoms with van der Waals surface area (Å²) < 4.78 is 26.0. The van der Waals surface area contributed by atoms with Crippen LogP contribution in [0.25, 0.3) is 0 Å². The molecular weight excluding hydrogens is 202 g/mol. The summed E-state index contributed by atoms with van der Waals surface area (Å²) >= 11 is 6.47. The summed E-state index contributed by atoms with van der Waals surface area (Å²) in [6, 6.07) is 2.50. The van der Waals surface area contributed by atoms with Gasteiger partial charge in [0.1, 0.15) is 11.6 Å². The van der Waals surface area contributed by atoms with Crippen LogP contribution in [0.2, 0.25) is 0 Å². The normalized spacial score (nSPS) is 10.3. The van der Waals surface area contributed by atoms with E-state index in [0.717, 1.165) is 11.8 Å².